The van der Waals surface area contributed by atoms with Crippen LogP contribution in [0.3, 0.4) is 0 Å². The zero-order valence-electron chi connectivity index (χ0n) is 25.1. The molecule has 3 heterocycles. The number of hydrogen-bond donors (Lipinski definition) is 0. The summed E-state index contributed by atoms with van der Waals surface area (Å²) in [7, 11) is 0. The number of aryl methyl sites for hydroxylation is 2. The molecule has 4 nitrogen and oxygen atoms in total. The minimum absolute atomic E-state index is 0.287. The van der Waals surface area contributed by atoms with Gasteiger partial charge < -0.3 is 4.42 Å². The van der Waals surface area contributed by atoms with Crippen molar-refractivity contribution in [1.82, 2.24) is 14.5 Å². The number of furan rings is 1. The van der Waals surface area contributed by atoms with Gasteiger partial charge in [-0.25, -0.2) is 9.97 Å². The summed E-state index contributed by atoms with van der Waals surface area (Å²) in [5, 5.41) is 2.21. The van der Waals surface area contributed by atoms with Crippen molar-refractivity contribution in [1.29, 1.82) is 0 Å². The predicted octanol–water partition coefficient (Wildman–Crippen LogP) is 10.5. The Morgan fingerprint density at radius 2 is 1.40 bits per heavy atom. The Hall–Kier alpha value is -4.70. The molecule has 4 heteroatoms. The average Bonchev–Trinajstić information content (AvgIpc) is 3.54. The fourth-order valence-corrected chi connectivity index (χ4v) is 6.16. The number of aromatic nitrogens is 3. The smallest absolute Gasteiger partial charge is 0.178 e. The van der Waals surface area contributed by atoms with E-state index in [1.165, 1.54) is 33.5 Å². The van der Waals surface area contributed by atoms with Gasteiger partial charge >= 0.3 is 0 Å². The van der Waals surface area contributed by atoms with Gasteiger partial charge in [0, 0.05) is 16.5 Å². The summed E-state index contributed by atoms with van der Waals surface area (Å²) in [5.41, 5.74) is 12.8. The van der Waals surface area contributed by atoms with Gasteiger partial charge in [0.15, 0.2) is 11.5 Å². The topological polar surface area (TPSA) is 43.9 Å². The van der Waals surface area contributed by atoms with Crippen molar-refractivity contribution in [2.24, 2.45) is 0 Å². The van der Waals surface area contributed by atoms with Gasteiger partial charge in [-0.2, -0.15) is 0 Å². The Balaban J connectivity index is 1.60. The average molecular weight is 550 g/mol. The highest BCUT2D eigenvalue weighted by molar-refractivity contribution is 6.09. The van der Waals surface area contributed by atoms with Crippen LogP contribution in [0.4, 0.5) is 0 Å². The number of rotatable bonds is 5. The summed E-state index contributed by atoms with van der Waals surface area (Å²) in [6.07, 6.45) is 0. The molecule has 7 rings (SSSR count). The molecule has 0 atom stereocenters. The fraction of sp³-hybridized carbons (Fsp3) is 0.211. The standard InChI is InChI=1S/C38H35N3O/c1-22(2)31-20-27(26-11-8-7-9-12-26)21-32(23(3)4)35(31)41-33-18-16-25(6)39-37(33)40-38(41)30-14-10-13-29-28-17-15-24(5)19-34(28)42-36(29)30/h7-23H,1-6H3. The zero-order valence-corrected chi connectivity index (χ0v) is 25.1. The van der Waals surface area contributed by atoms with E-state index in [1.807, 2.05) is 6.92 Å². The van der Waals surface area contributed by atoms with E-state index in [1.54, 1.807) is 0 Å². The summed E-state index contributed by atoms with van der Waals surface area (Å²) in [6.45, 7) is 13.2. The molecule has 0 N–H and O–H groups in total. The van der Waals surface area contributed by atoms with Gasteiger partial charge in [0.1, 0.15) is 11.2 Å². The van der Waals surface area contributed by atoms with Crippen LogP contribution in [0.1, 0.15) is 61.9 Å². The van der Waals surface area contributed by atoms with Gasteiger partial charge in [-0.15, -0.1) is 0 Å². The zero-order chi connectivity index (χ0) is 29.1. The molecule has 0 bridgehead atoms. The fourth-order valence-electron chi connectivity index (χ4n) is 6.16. The van der Waals surface area contributed by atoms with Crippen LogP contribution in [0, 0.1) is 13.8 Å². The van der Waals surface area contributed by atoms with Crippen molar-refractivity contribution in [2.45, 2.75) is 53.4 Å². The Morgan fingerprint density at radius 1 is 0.667 bits per heavy atom. The van der Waals surface area contributed by atoms with E-state index < -0.39 is 0 Å². The minimum atomic E-state index is 0.287. The van der Waals surface area contributed by atoms with Gasteiger partial charge in [-0.1, -0.05) is 82.3 Å². The third-order valence-corrected chi connectivity index (χ3v) is 8.30. The highest BCUT2D eigenvalue weighted by atomic mass is 16.3. The van der Waals surface area contributed by atoms with Crippen molar-refractivity contribution < 1.29 is 4.42 Å². The first-order valence-corrected chi connectivity index (χ1v) is 14.8. The molecule has 0 amide bonds. The molecule has 0 fully saturated rings. The molecule has 208 valence electrons. The van der Waals surface area contributed by atoms with Crippen molar-refractivity contribution in [3.63, 3.8) is 0 Å². The molecule has 0 saturated carbocycles. The van der Waals surface area contributed by atoms with E-state index >= 15 is 0 Å². The van der Waals surface area contributed by atoms with Crippen LogP contribution in [0.15, 0.2) is 95.4 Å². The van der Waals surface area contributed by atoms with Crippen molar-refractivity contribution in [3.8, 4) is 28.2 Å². The Morgan fingerprint density at radius 3 is 2.12 bits per heavy atom. The summed E-state index contributed by atoms with van der Waals surface area (Å²) in [5.74, 6) is 1.42. The van der Waals surface area contributed by atoms with E-state index in [2.05, 4.69) is 130 Å². The molecule has 4 aromatic carbocycles. The van der Waals surface area contributed by atoms with E-state index in [0.717, 1.165) is 50.2 Å². The largest absolute Gasteiger partial charge is 0.455 e. The predicted molar refractivity (Wildman–Crippen MR) is 175 cm³/mol. The molecule has 0 radical (unpaired) electrons. The van der Waals surface area contributed by atoms with Crippen LogP contribution in [0.25, 0.3) is 61.3 Å². The molecule has 7 aromatic rings. The highest BCUT2D eigenvalue weighted by Gasteiger charge is 2.26. The molecule has 0 spiro atoms. The lowest BCUT2D eigenvalue weighted by Gasteiger charge is -2.24. The van der Waals surface area contributed by atoms with E-state index in [9.17, 15) is 0 Å². The van der Waals surface area contributed by atoms with Crippen LogP contribution in [0.5, 0.6) is 0 Å². The Labute approximate surface area is 246 Å². The maximum Gasteiger partial charge on any atom is 0.178 e. The maximum atomic E-state index is 6.59. The first-order chi connectivity index (χ1) is 20.3. The van der Waals surface area contributed by atoms with Crippen molar-refractivity contribution in [2.75, 3.05) is 0 Å². The van der Waals surface area contributed by atoms with E-state index in [0.29, 0.717) is 0 Å². The van der Waals surface area contributed by atoms with Gasteiger partial charge in [-0.05, 0) is 89.9 Å². The first-order valence-electron chi connectivity index (χ1n) is 14.8. The quantitative estimate of drug-likeness (QED) is 0.214. The lowest BCUT2D eigenvalue weighted by molar-refractivity contribution is 0.669. The number of hydrogen-bond acceptors (Lipinski definition) is 3. The summed E-state index contributed by atoms with van der Waals surface area (Å²) < 4.78 is 8.93. The van der Waals surface area contributed by atoms with Gasteiger partial charge in [0.2, 0.25) is 0 Å². The van der Waals surface area contributed by atoms with Crippen LogP contribution in [0.2, 0.25) is 0 Å². The summed E-state index contributed by atoms with van der Waals surface area (Å²) in [4.78, 5) is 10.1. The van der Waals surface area contributed by atoms with Crippen LogP contribution < -0.4 is 0 Å². The molecular weight excluding hydrogens is 514 g/mol. The number of para-hydroxylation sites is 1. The lowest BCUT2D eigenvalue weighted by Crippen LogP contribution is -2.09. The van der Waals surface area contributed by atoms with E-state index in [4.69, 9.17) is 14.4 Å². The number of nitrogens with zero attached hydrogens (tertiary/aromatic N) is 3. The van der Waals surface area contributed by atoms with Crippen LogP contribution in [-0.2, 0) is 0 Å². The van der Waals surface area contributed by atoms with Crippen molar-refractivity contribution in [3.05, 3.63) is 113 Å². The maximum absolute atomic E-state index is 6.59. The van der Waals surface area contributed by atoms with Gasteiger partial charge in [0.05, 0.1) is 16.8 Å². The Bertz CT molecular complexity index is 2080. The lowest BCUT2D eigenvalue weighted by atomic mass is 9.88. The molecule has 42 heavy (non-hydrogen) atoms. The molecule has 0 aliphatic rings. The number of fused-ring (bicyclic) bond motifs is 4. The monoisotopic (exact) mass is 549 g/mol. The summed E-state index contributed by atoms with van der Waals surface area (Å²) >= 11 is 0. The third kappa shape index (κ3) is 4.21. The molecule has 0 unspecified atom stereocenters. The molecular formula is C38H35N3O. The number of imidazole rings is 1. The highest BCUT2D eigenvalue weighted by Crippen LogP contribution is 2.42. The second-order valence-electron chi connectivity index (χ2n) is 12.0. The summed E-state index contributed by atoms with van der Waals surface area (Å²) in [6, 6.07) is 32.4. The Kier molecular flexibility index (Phi) is 6.23. The molecule has 0 aliphatic heterocycles. The van der Waals surface area contributed by atoms with Crippen molar-refractivity contribution >= 4 is 33.1 Å². The second-order valence-corrected chi connectivity index (χ2v) is 12.0. The second kappa shape index (κ2) is 9.99. The third-order valence-electron chi connectivity index (χ3n) is 8.30. The molecule has 0 aliphatic carbocycles. The van der Waals surface area contributed by atoms with Crippen LogP contribution >= 0.6 is 0 Å². The minimum Gasteiger partial charge on any atom is -0.455 e. The van der Waals surface area contributed by atoms with Gasteiger partial charge in [-0.3, -0.25) is 4.57 Å². The first kappa shape index (κ1) is 26.2. The normalized spacial score (nSPS) is 12.0. The molecule has 3 aromatic heterocycles. The SMILES string of the molecule is Cc1ccc2c(c1)oc1c(-c3nc4nc(C)ccc4n3-c3c(C(C)C)cc(-c4ccccc4)cc3C(C)C)cccc12. The van der Waals surface area contributed by atoms with Gasteiger partial charge in [0.25, 0.3) is 0 Å². The molecule has 0 saturated heterocycles. The number of pyridine rings is 1. The van der Waals surface area contributed by atoms with Crippen LogP contribution in [-0.4, -0.2) is 14.5 Å². The number of benzene rings is 4. The van der Waals surface area contributed by atoms with E-state index in [-0.39, 0.29) is 11.8 Å².